The zero-order valence-electron chi connectivity index (χ0n) is 10.7. The Morgan fingerprint density at radius 3 is 2.52 bits per heavy atom. The van der Waals surface area contributed by atoms with Crippen LogP contribution in [0.25, 0.3) is 6.08 Å². The predicted molar refractivity (Wildman–Crippen MR) is 79.0 cm³/mol. The number of amides is 2. The van der Waals surface area contributed by atoms with Crippen molar-refractivity contribution in [2.75, 3.05) is 5.32 Å². The minimum absolute atomic E-state index is 0.229. The van der Waals surface area contributed by atoms with Gasteiger partial charge in [-0.3, -0.25) is 0 Å². The number of carbonyl (C=O) groups excluding carboxylic acids is 1. The molecule has 3 nitrogen and oxygen atoms in total. The predicted octanol–water partition coefficient (Wildman–Crippen LogP) is 4.41. The normalized spacial score (nSPS) is 10.6. The Morgan fingerprint density at radius 2 is 1.81 bits per heavy atom. The number of hydrogen-bond donors (Lipinski definition) is 2. The minimum atomic E-state index is -0.715. The molecular weight excluding hydrogens is 298 g/mol. The third kappa shape index (κ3) is 4.57. The van der Waals surface area contributed by atoms with Gasteiger partial charge in [-0.1, -0.05) is 23.7 Å². The van der Waals surface area contributed by atoms with Gasteiger partial charge in [-0.05, 0) is 35.9 Å². The Hall–Kier alpha value is -2.40. The standard InChI is InChI=1S/C15H11ClF2N2O/c16-11-3-1-10(2-4-11)7-8-19-15(21)20-14-9-12(17)5-6-13(14)18/h1-9H,(H2,19,20,21)/b8-7+. The first-order chi connectivity index (χ1) is 10.0. The van der Waals surface area contributed by atoms with E-state index < -0.39 is 17.7 Å². The summed E-state index contributed by atoms with van der Waals surface area (Å²) in [7, 11) is 0. The molecule has 0 aliphatic carbocycles. The Balaban J connectivity index is 1.93. The summed E-state index contributed by atoms with van der Waals surface area (Å²) in [6.07, 6.45) is 3.02. The average molecular weight is 309 g/mol. The largest absolute Gasteiger partial charge is 0.323 e. The first-order valence-electron chi connectivity index (χ1n) is 5.99. The van der Waals surface area contributed by atoms with Crippen molar-refractivity contribution in [2.24, 2.45) is 0 Å². The molecule has 2 aromatic carbocycles. The Bertz CT molecular complexity index is 672. The van der Waals surface area contributed by atoms with Gasteiger partial charge in [0.05, 0.1) is 5.69 Å². The Morgan fingerprint density at radius 1 is 1.10 bits per heavy atom. The van der Waals surface area contributed by atoms with Gasteiger partial charge in [-0.25, -0.2) is 13.6 Å². The van der Waals surface area contributed by atoms with E-state index >= 15 is 0 Å². The number of carbonyl (C=O) groups is 1. The van der Waals surface area contributed by atoms with Gasteiger partial charge in [0.15, 0.2) is 0 Å². The molecule has 0 fully saturated rings. The SMILES string of the molecule is O=C(N/C=C/c1ccc(Cl)cc1)Nc1cc(F)ccc1F. The van der Waals surface area contributed by atoms with Crippen LogP contribution in [0.3, 0.4) is 0 Å². The first-order valence-corrected chi connectivity index (χ1v) is 6.37. The van der Waals surface area contributed by atoms with Crippen LogP contribution >= 0.6 is 11.6 Å². The number of urea groups is 1. The highest BCUT2D eigenvalue weighted by atomic mass is 35.5. The highest BCUT2D eigenvalue weighted by Gasteiger charge is 2.06. The molecule has 0 aliphatic rings. The molecule has 0 unspecified atom stereocenters. The fourth-order valence-electron chi connectivity index (χ4n) is 1.54. The molecule has 0 atom stereocenters. The number of benzene rings is 2. The molecule has 0 saturated heterocycles. The van der Waals surface area contributed by atoms with Gasteiger partial charge in [0.1, 0.15) is 11.6 Å². The van der Waals surface area contributed by atoms with Crippen LogP contribution in [0.1, 0.15) is 5.56 Å². The lowest BCUT2D eigenvalue weighted by Crippen LogP contribution is -2.24. The van der Waals surface area contributed by atoms with Crippen LogP contribution in [0, 0.1) is 11.6 Å². The minimum Gasteiger partial charge on any atom is -0.314 e. The Labute approximate surface area is 125 Å². The molecule has 2 rings (SSSR count). The van der Waals surface area contributed by atoms with E-state index in [4.69, 9.17) is 11.6 Å². The van der Waals surface area contributed by atoms with Gasteiger partial charge in [0.2, 0.25) is 0 Å². The van der Waals surface area contributed by atoms with Gasteiger partial charge in [0, 0.05) is 17.3 Å². The van der Waals surface area contributed by atoms with Crippen molar-refractivity contribution >= 4 is 29.4 Å². The molecule has 2 N–H and O–H groups in total. The maximum atomic E-state index is 13.3. The van der Waals surface area contributed by atoms with Crippen LogP contribution in [0.15, 0.2) is 48.7 Å². The molecule has 0 bridgehead atoms. The monoisotopic (exact) mass is 308 g/mol. The van der Waals surface area contributed by atoms with Crippen LogP contribution in [0.2, 0.25) is 5.02 Å². The van der Waals surface area contributed by atoms with Crippen molar-refractivity contribution in [3.8, 4) is 0 Å². The van der Waals surface area contributed by atoms with Crippen molar-refractivity contribution in [3.05, 3.63) is 70.9 Å². The van der Waals surface area contributed by atoms with Gasteiger partial charge in [-0.15, -0.1) is 0 Å². The smallest absolute Gasteiger partial charge is 0.314 e. The topological polar surface area (TPSA) is 41.1 Å². The number of anilines is 1. The van der Waals surface area contributed by atoms with Gasteiger partial charge >= 0.3 is 6.03 Å². The summed E-state index contributed by atoms with van der Waals surface area (Å²) < 4.78 is 26.3. The molecule has 2 aromatic rings. The van der Waals surface area contributed by atoms with E-state index in [1.807, 2.05) is 0 Å². The fourth-order valence-corrected chi connectivity index (χ4v) is 1.67. The molecule has 0 aliphatic heterocycles. The van der Waals surface area contributed by atoms with E-state index in [9.17, 15) is 13.6 Å². The second-order valence-corrected chi connectivity index (χ2v) is 4.54. The van der Waals surface area contributed by atoms with Crippen molar-refractivity contribution in [2.45, 2.75) is 0 Å². The van der Waals surface area contributed by atoms with Crippen molar-refractivity contribution in [1.29, 1.82) is 0 Å². The molecule has 2 amide bonds. The molecular formula is C15H11ClF2N2O. The third-order valence-electron chi connectivity index (χ3n) is 2.54. The fraction of sp³-hybridized carbons (Fsp3) is 0. The van der Waals surface area contributed by atoms with E-state index in [0.29, 0.717) is 5.02 Å². The first kappa shape index (κ1) is 15.0. The summed E-state index contributed by atoms with van der Waals surface area (Å²) in [5.74, 6) is -1.35. The summed E-state index contributed by atoms with van der Waals surface area (Å²) in [5.41, 5.74) is 0.601. The van der Waals surface area contributed by atoms with Crippen LogP contribution in [0.5, 0.6) is 0 Å². The molecule has 0 aromatic heterocycles. The number of halogens is 3. The maximum Gasteiger partial charge on any atom is 0.323 e. The lowest BCUT2D eigenvalue weighted by Gasteiger charge is -2.05. The van der Waals surface area contributed by atoms with E-state index in [-0.39, 0.29) is 5.69 Å². The van der Waals surface area contributed by atoms with Crippen molar-refractivity contribution in [3.63, 3.8) is 0 Å². The number of rotatable bonds is 3. The molecule has 0 radical (unpaired) electrons. The molecule has 0 spiro atoms. The molecule has 108 valence electrons. The quantitative estimate of drug-likeness (QED) is 0.866. The molecule has 0 saturated carbocycles. The van der Waals surface area contributed by atoms with Crippen LogP contribution in [-0.2, 0) is 0 Å². The van der Waals surface area contributed by atoms with E-state index in [1.54, 1.807) is 30.3 Å². The Kier molecular flexibility index (Phi) is 4.90. The van der Waals surface area contributed by atoms with E-state index in [2.05, 4.69) is 10.6 Å². The van der Waals surface area contributed by atoms with E-state index in [0.717, 1.165) is 23.8 Å². The second-order valence-electron chi connectivity index (χ2n) is 4.11. The summed E-state index contributed by atoms with van der Waals surface area (Å²) in [4.78, 5) is 11.5. The highest BCUT2D eigenvalue weighted by molar-refractivity contribution is 6.30. The lowest BCUT2D eigenvalue weighted by atomic mass is 10.2. The number of nitrogens with one attached hydrogen (secondary N) is 2. The number of hydrogen-bond acceptors (Lipinski definition) is 1. The summed E-state index contributed by atoms with van der Waals surface area (Å²) in [6.45, 7) is 0. The third-order valence-corrected chi connectivity index (χ3v) is 2.79. The van der Waals surface area contributed by atoms with Crippen molar-refractivity contribution < 1.29 is 13.6 Å². The van der Waals surface area contributed by atoms with Gasteiger partial charge < -0.3 is 10.6 Å². The van der Waals surface area contributed by atoms with Gasteiger partial charge in [0.25, 0.3) is 0 Å². The molecule has 21 heavy (non-hydrogen) atoms. The lowest BCUT2D eigenvalue weighted by molar-refractivity contribution is 0.255. The summed E-state index contributed by atoms with van der Waals surface area (Å²) >= 11 is 5.74. The van der Waals surface area contributed by atoms with Crippen LogP contribution in [0.4, 0.5) is 19.3 Å². The highest BCUT2D eigenvalue weighted by Crippen LogP contribution is 2.15. The molecule has 0 heterocycles. The van der Waals surface area contributed by atoms with Gasteiger partial charge in [-0.2, -0.15) is 0 Å². The maximum absolute atomic E-state index is 13.3. The summed E-state index contributed by atoms with van der Waals surface area (Å²) in [5, 5.41) is 5.21. The average Bonchev–Trinajstić information content (AvgIpc) is 2.45. The second kappa shape index (κ2) is 6.85. The van der Waals surface area contributed by atoms with Crippen LogP contribution in [-0.4, -0.2) is 6.03 Å². The van der Waals surface area contributed by atoms with E-state index in [1.165, 1.54) is 6.20 Å². The van der Waals surface area contributed by atoms with Crippen molar-refractivity contribution in [1.82, 2.24) is 5.32 Å². The van der Waals surface area contributed by atoms with Crippen LogP contribution < -0.4 is 10.6 Å². The zero-order valence-corrected chi connectivity index (χ0v) is 11.5. The summed E-state index contributed by atoms with van der Waals surface area (Å²) in [6, 6.07) is 9.09. The zero-order chi connectivity index (χ0) is 15.2. The molecule has 6 heteroatoms.